The van der Waals surface area contributed by atoms with Crippen molar-refractivity contribution in [3.8, 4) is 0 Å². The Morgan fingerprint density at radius 1 is 1.25 bits per heavy atom. The molecule has 1 amide bonds. The van der Waals surface area contributed by atoms with Gasteiger partial charge in [-0.1, -0.05) is 30.3 Å². The van der Waals surface area contributed by atoms with Crippen LogP contribution in [0.1, 0.15) is 40.7 Å². The van der Waals surface area contributed by atoms with Gasteiger partial charge in [0, 0.05) is 37.3 Å². The third-order valence-corrected chi connectivity index (χ3v) is 5.46. The standard InChI is InChI=1S/C21H28N4O3/c1-15(23(2)3)20(26)24-13-11-18-17(14-24)19(21(27)28)22-25(18)12-7-10-16-8-5-4-6-9-16/h4-6,8-9,15H,7,10-14H2,1-3H3,(H,27,28)/t15-/m1/s1. The number of benzene rings is 1. The van der Waals surface area contributed by atoms with Crippen LogP contribution < -0.4 is 0 Å². The SMILES string of the molecule is C[C@H](C(=O)N1CCc2c(c(C(=O)O)nn2CCCc2ccccc2)C1)N(C)C. The molecule has 1 aliphatic rings. The van der Waals surface area contributed by atoms with E-state index in [-0.39, 0.29) is 17.6 Å². The number of aromatic nitrogens is 2. The lowest BCUT2D eigenvalue weighted by Gasteiger charge is -2.31. The highest BCUT2D eigenvalue weighted by atomic mass is 16.4. The van der Waals surface area contributed by atoms with Gasteiger partial charge in [0.05, 0.1) is 6.04 Å². The summed E-state index contributed by atoms with van der Waals surface area (Å²) < 4.78 is 1.83. The van der Waals surface area contributed by atoms with Crippen molar-refractivity contribution >= 4 is 11.9 Å². The molecule has 2 aromatic rings. The van der Waals surface area contributed by atoms with E-state index in [4.69, 9.17) is 0 Å². The van der Waals surface area contributed by atoms with E-state index in [0.717, 1.165) is 18.5 Å². The Hall–Kier alpha value is -2.67. The first-order valence-electron chi connectivity index (χ1n) is 9.69. The van der Waals surface area contributed by atoms with E-state index >= 15 is 0 Å². The van der Waals surface area contributed by atoms with E-state index in [0.29, 0.717) is 31.6 Å². The number of carboxylic acids is 1. The molecular formula is C21H28N4O3. The molecule has 3 rings (SSSR count). The Morgan fingerprint density at radius 2 is 1.96 bits per heavy atom. The predicted octanol–water partition coefficient (Wildman–Crippen LogP) is 2.05. The Kier molecular flexibility index (Phi) is 6.14. The van der Waals surface area contributed by atoms with Gasteiger partial charge < -0.3 is 10.0 Å². The molecule has 1 aromatic heterocycles. The molecule has 0 aliphatic carbocycles. The van der Waals surface area contributed by atoms with Gasteiger partial charge in [-0.05, 0) is 39.4 Å². The van der Waals surface area contributed by atoms with Crippen LogP contribution >= 0.6 is 0 Å². The first-order chi connectivity index (χ1) is 13.4. The number of hydrogen-bond donors (Lipinski definition) is 1. The molecule has 1 aliphatic heterocycles. The summed E-state index contributed by atoms with van der Waals surface area (Å²) in [6.07, 6.45) is 2.44. The van der Waals surface area contributed by atoms with Gasteiger partial charge in [-0.2, -0.15) is 5.10 Å². The van der Waals surface area contributed by atoms with Crippen LogP contribution in [0.5, 0.6) is 0 Å². The maximum absolute atomic E-state index is 12.7. The Morgan fingerprint density at radius 3 is 2.61 bits per heavy atom. The Bertz CT molecular complexity index is 845. The van der Waals surface area contributed by atoms with Crippen LogP contribution in [-0.2, 0) is 30.7 Å². The lowest BCUT2D eigenvalue weighted by molar-refractivity contribution is -0.136. The summed E-state index contributed by atoms with van der Waals surface area (Å²) in [6.45, 7) is 3.44. The minimum absolute atomic E-state index is 0.0174. The molecule has 2 heterocycles. The number of carbonyl (C=O) groups is 2. The number of amides is 1. The first kappa shape index (κ1) is 20.1. The van der Waals surface area contributed by atoms with Gasteiger partial charge in [-0.15, -0.1) is 0 Å². The highest BCUT2D eigenvalue weighted by Crippen LogP contribution is 2.24. The topological polar surface area (TPSA) is 78.7 Å². The van der Waals surface area contributed by atoms with E-state index < -0.39 is 5.97 Å². The fourth-order valence-electron chi connectivity index (χ4n) is 3.60. The summed E-state index contributed by atoms with van der Waals surface area (Å²) in [6, 6.07) is 9.99. The van der Waals surface area contributed by atoms with Crippen LogP contribution in [0, 0.1) is 0 Å². The fourth-order valence-corrected chi connectivity index (χ4v) is 3.60. The molecule has 0 radical (unpaired) electrons. The molecule has 0 fully saturated rings. The highest BCUT2D eigenvalue weighted by molar-refractivity contribution is 5.88. The van der Waals surface area contributed by atoms with Gasteiger partial charge in [-0.3, -0.25) is 14.4 Å². The average Bonchev–Trinajstić information content (AvgIpc) is 3.06. The van der Waals surface area contributed by atoms with Gasteiger partial charge in [0.25, 0.3) is 0 Å². The van der Waals surface area contributed by atoms with Crippen molar-refractivity contribution in [3.05, 3.63) is 52.8 Å². The number of carboxylic acid groups (broad SMARTS) is 1. The zero-order chi connectivity index (χ0) is 20.3. The van der Waals surface area contributed by atoms with Crippen molar-refractivity contribution in [1.82, 2.24) is 19.6 Å². The third kappa shape index (κ3) is 4.25. The minimum atomic E-state index is -1.03. The molecule has 150 valence electrons. The second kappa shape index (κ2) is 8.56. The van der Waals surface area contributed by atoms with E-state index in [1.54, 1.807) is 4.90 Å². The van der Waals surface area contributed by atoms with E-state index in [1.807, 2.05) is 48.8 Å². The van der Waals surface area contributed by atoms with Crippen molar-refractivity contribution in [2.24, 2.45) is 0 Å². The second-order valence-electron chi connectivity index (χ2n) is 7.54. The van der Waals surface area contributed by atoms with Crippen LogP contribution in [0.3, 0.4) is 0 Å². The van der Waals surface area contributed by atoms with Crippen LogP contribution in [0.2, 0.25) is 0 Å². The third-order valence-electron chi connectivity index (χ3n) is 5.46. The minimum Gasteiger partial charge on any atom is -0.476 e. The van der Waals surface area contributed by atoms with E-state index in [1.165, 1.54) is 5.56 Å². The zero-order valence-electron chi connectivity index (χ0n) is 16.8. The number of aromatic carboxylic acids is 1. The largest absolute Gasteiger partial charge is 0.476 e. The number of rotatable bonds is 7. The van der Waals surface area contributed by atoms with Crippen molar-refractivity contribution in [1.29, 1.82) is 0 Å². The van der Waals surface area contributed by atoms with Crippen molar-refractivity contribution in [2.45, 2.75) is 45.3 Å². The van der Waals surface area contributed by atoms with Crippen LogP contribution in [0.4, 0.5) is 0 Å². The molecule has 0 saturated heterocycles. The maximum atomic E-state index is 12.7. The number of likely N-dealkylation sites (N-methyl/N-ethyl adjacent to an activating group) is 1. The normalized spacial score (nSPS) is 14.8. The van der Waals surface area contributed by atoms with Crippen molar-refractivity contribution in [2.75, 3.05) is 20.6 Å². The maximum Gasteiger partial charge on any atom is 0.356 e. The Labute approximate surface area is 165 Å². The summed E-state index contributed by atoms with van der Waals surface area (Å²) in [5, 5.41) is 14.0. The highest BCUT2D eigenvalue weighted by Gasteiger charge is 2.31. The smallest absolute Gasteiger partial charge is 0.356 e. The quantitative estimate of drug-likeness (QED) is 0.790. The zero-order valence-corrected chi connectivity index (χ0v) is 16.8. The molecule has 7 heteroatoms. The van der Waals surface area contributed by atoms with E-state index in [9.17, 15) is 14.7 Å². The number of hydrogen-bond acceptors (Lipinski definition) is 4. The monoisotopic (exact) mass is 384 g/mol. The summed E-state index contributed by atoms with van der Waals surface area (Å²) >= 11 is 0. The summed E-state index contributed by atoms with van der Waals surface area (Å²) in [4.78, 5) is 28.0. The second-order valence-corrected chi connectivity index (χ2v) is 7.54. The molecule has 28 heavy (non-hydrogen) atoms. The number of aryl methyl sites for hydroxylation is 2. The lowest BCUT2D eigenvalue weighted by atomic mass is 10.0. The van der Waals surface area contributed by atoms with Gasteiger partial charge >= 0.3 is 5.97 Å². The van der Waals surface area contributed by atoms with E-state index in [2.05, 4.69) is 17.2 Å². The number of fused-ring (bicyclic) bond motifs is 1. The molecule has 1 aromatic carbocycles. The number of nitrogens with zero attached hydrogens (tertiary/aromatic N) is 4. The average molecular weight is 384 g/mol. The van der Waals surface area contributed by atoms with Crippen LogP contribution in [0.25, 0.3) is 0 Å². The molecule has 7 nitrogen and oxygen atoms in total. The van der Waals surface area contributed by atoms with Crippen molar-refractivity contribution in [3.63, 3.8) is 0 Å². The fraction of sp³-hybridized carbons (Fsp3) is 0.476. The first-order valence-corrected chi connectivity index (χ1v) is 9.69. The van der Waals surface area contributed by atoms with Crippen LogP contribution in [-0.4, -0.2) is 63.2 Å². The summed E-state index contributed by atoms with van der Waals surface area (Å²) in [5.74, 6) is -1.02. The Balaban J connectivity index is 1.74. The molecule has 0 saturated carbocycles. The van der Waals surface area contributed by atoms with Gasteiger partial charge in [0.2, 0.25) is 5.91 Å². The molecular weight excluding hydrogens is 356 g/mol. The predicted molar refractivity (Wildman–Crippen MR) is 106 cm³/mol. The summed E-state index contributed by atoms with van der Waals surface area (Å²) in [7, 11) is 3.73. The lowest BCUT2D eigenvalue weighted by Crippen LogP contribution is -2.46. The van der Waals surface area contributed by atoms with Gasteiger partial charge in [-0.25, -0.2) is 4.79 Å². The molecule has 0 unspecified atom stereocenters. The van der Waals surface area contributed by atoms with Crippen molar-refractivity contribution < 1.29 is 14.7 Å². The number of carbonyl (C=O) groups excluding carboxylic acids is 1. The van der Waals surface area contributed by atoms with Gasteiger partial charge in [0.15, 0.2) is 5.69 Å². The molecule has 0 bridgehead atoms. The van der Waals surface area contributed by atoms with Gasteiger partial charge in [0.1, 0.15) is 0 Å². The van der Waals surface area contributed by atoms with Crippen LogP contribution in [0.15, 0.2) is 30.3 Å². The molecule has 0 spiro atoms. The molecule has 1 N–H and O–H groups in total. The summed E-state index contributed by atoms with van der Waals surface area (Å²) in [5.41, 5.74) is 2.96. The molecule has 1 atom stereocenters.